The molecule has 0 spiro atoms. The highest BCUT2D eigenvalue weighted by atomic mass is 32.2. The van der Waals surface area contributed by atoms with Gasteiger partial charge in [0.1, 0.15) is 13.2 Å². The van der Waals surface area contributed by atoms with Gasteiger partial charge in [0.2, 0.25) is 5.91 Å². The summed E-state index contributed by atoms with van der Waals surface area (Å²) >= 11 is 0. The first-order valence-corrected chi connectivity index (χ1v) is 9.93. The lowest BCUT2D eigenvalue weighted by Crippen LogP contribution is -2.59. The molecule has 0 aromatic heterocycles. The molecular weight excluding hydrogens is 344 g/mol. The van der Waals surface area contributed by atoms with Gasteiger partial charge >= 0.3 is 6.09 Å². The van der Waals surface area contributed by atoms with E-state index in [1.54, 1.807) is 0 Å². The van der Waals surface area contributed by atoms with E-state index < -0.39 is 21.2 Å². The predicted molar refractivity (Wildman–Crippen MR) is 93.6 cm³/mol. The summed E-state index contributed by atoms with van der Waals surface area (Å²) in [6.45, 7) is 4.00. The summed E-state index contributed by atoms with van der Waals surface area (Å²) in [6, 6.07) is 9.21. The van der Waals surface area contributed by atoms with Crippen molar-refractivity contribution < 1.29 is 22.7 Å². The van der Waals surface area contributed by atoms with Gasteiger partial charge in [0.05, 0.1) is 11.0 Å². The van der Waals surface area contributed by atoms with Crippen LogP contribution >= 0.6 is 0 Å². The van der Waals surface area contributed by atoms with Gasteiger partial charge in [0.25, 0.3) is 0 Å². The first-order chi connectivity index (χ1) is 11.8. The Labute approximate surface area is 148 Å². The third kappa shape index (κ3) is 5.74. The highest BCUT2D eigenvalue weighted by Gasteiger charge is 2.39. The Kier molecular flexibility index (Phi) is 6.41. The zero-order chi connectivity index (χ0) is 18.4. The maximum atomic E-state index is 12.0. The summed E-state index contributed by atoms with van der Waals surface area (Å²) in [5.74, 6) is -0.118. The third-order valence-corrected chi connectivity index (χ3v) is 6.32. The van der Waals surface area contributed by atoms with E-state index in [0.717, 1.165) is 5.56 Å². The van der Waals surface area contributed by atoms with Gasteiger partial charge in [0.15, 0.2) is 9.84 Å². The summed E-state index contributed by atoms with van der Waals surface area (Å²) in [5, 5.41) is 1.89. The van der Waals surface area contributed by atoms with E-state index in [0.29, 0.717) is 0 Å². The predicted octanol–water partition coefficient (Wildman–Crippen LogP) is 1.19. The van der Waals surface area contributed by atoms with Crippen molar-refractivity contribution in [3.8, 4) is 0 Å². The average Bonchev–Trinajstić information content (AvgIpc) is 2.48. The Hall–Kier alpha value is -2.09. The number of ether oxygens (including phenoxy) is 1. The van der Waals surface area contributed by atoms with E-state index >= 15 is 0 Å². The molecule has 0 bridgehead atoms. The van der Waals surface area contributed by atoms with Crippen LogP contribution in [0.5, 0.6) is 0 Å². The molecule has 1 fully saturated rings. The molecule has 1 saturated heterocycles. The number of amides is 2. The molecule has 7 nitrogen and oxygen atoms in total. The molecule has 1 aliphatic heterocycles. The van der Waals surface area contributed by atoms with Crippen LogP contribution in [0.2, 0.25) is 0 Å². The lowest BCUT2D eigenvalue weighted by atomic mass is 10.2. The van der Waals surface area contributed by atoms with Crippen molar-refractivity contribution >= 4 is 21.8 Å². The molecule has 0 radical (unpaired) electrons. The summed E-state index contributed by atoms with van der Waals surface area (Å²) in [4.78, 5) is 25.0. The van der Waals surface area contributed by atoms with E-state index in [4.69, 9.17) is 4.74 Å². The fourth-order valence-corrected chi connectivity index (χ4v) is 4.52. The van der Waals surface area contributed by atoms with Gasteiger partial charge in [-0.2, -0.15) is 0 Å². The molecule has 8 heteroatoms. The highest BCUT2D eigenvalue weighted by molar-refractivity contribution is 7.92. The van der Waals surface area contributed by atoms with Gasteiger partial charge in [-0.25, -0.2) is 13.2 Å². The van der Waals surface area contributed by atoms with Gasteiger partial charge in [-0.05, 0) is 11.5 Å². The topological polar surface area (TPSA) is 92.8 Å². The second-order valence-corrected chi connectivity index (χ2v) is 8.89. The quantitative estimate of drug-likeness (QED) is 0.780. The molecule has 1 N–H and O–H groups in total. The van der Waals surface area contributed by atoms with Crippen LogP contribution in [0.4, 0.5) is 4.79 Å². The monoisotopic (exact) mass is 368 g/mol. The van der Waals surface area contributed by atoms with Gasteiger partial charge in [-0.15, -0.1) is 0 Å². The minimum Gasteiger partial charge on any atom is -0.445 e. The minimum atomic E-state index is -3.17. The highest BCUT2D eigenvalue weighted by Crippen LogP contribution is 2.19. The molecule has 0 aliphatic carbocycles. The standard InChI is InChI=1S/C17H24N2O5S/c1-13(2)12-25(22,23)15-9-19(10-15)16(20)8-18-17(21)24-11-14-6-4-3-5-7-14/h3-7,13,15H,8-12H2,1-2H3,(H,18,21). The Morgan fingerprint density at radius 1 is 1.24 bits per heavy atom. The molecule has 1 aromatic carbocycles. The van der Waals surface area contributed by atoms with Crippen LogP contribution < -0.4 is 5.32 Å². The number of likely N-dealkylation sites (tertiary alicyclic amines) is 1. The van der Waals surface area contributed by atoms with E-state index in [9.17, 15) is 18.0 Å². The molecule has 0 saturated carbocycles. The Balaban J connectivity index is 1.67. The number of alkyl carbamates (subject to hydrolysis) is 1. The van der Waals surface area contributed by atoms with Crippen molar-refractivity contribution in [3.05, 3.63) is 35.9 Å². The fourth-order valence-electron chi connectivity index (χ4n) is 2.50. The summed E-state index contributed by atoms with van der Waals surface area (Å²) in [7, 11) is -3.17. The van der Waals surface area contributed by atoms with Crippen molar-refractivity contribution in [2.45, 2.75) is 25.7 Å². The van der Waals surface area contributed by atoms with E-state index in [1.807, 2.05) is 44.2 Å². The number of hydrogen-bond acceptors (Lipinski definition) is 5. The maximum Gasteiger partial charge on any atom is 0.407 e. The SMILES string of the molecule is CC(C)CS(=O)(=O)C1CN(C(=O)CNC(=O)OCc2ccccc2)C1. The average molecular weight is 368 g/mol. The first-order valence-electron chi connectivity index (χ1n) is 8.22. The van der Waals surface area contributed by atoms with Crippen LogP contribution in [-0.4, -0.2) is 56.0 Å². The van der Waals surface area contributed by atoms with Crippen LogP contribution in [0, 0.1) is 5.92 Å². The third-order valence-electron chi connectivity index (χ3n) is 3.87. The summed E-state index contributed by atoms with van der Waals surface area (Å²) < 4.78 is 29.1. The van der Waals surface area contributed by atoms with Gasteiger partial charge in [-0.3, -0.25) is 4.79 Å². The Morgan fingerprint density at radius 2 is 1.88 bits per heavy atom. The molecule has 1 aliphatic rings. The molecule has 0 unspecified atom stereocenters. The molecule has 2 rings (SSSR count). The van der Waals surface area contributed by atoms with Crippen LogP contribution in [0.3, 0.4) is 0 Å². The smallest absolute Gasteiger partial charge is 0.407 e. The molecule has 138 valence electrons. The number of nitrogens with one attached hydrogen (secondary N) is 1. The lowest BCUT2D eigenvalue weighted by Gasteiger charge is -2.38. The number of carbonyl (C=O) groups is 2. The molecule has 0 atom stereocenters. The zero-order valence-electron chi connectivity index (χ0n) is 14.5. The van der Waals surface area contributed by atoms with Crippen molar-refractivity contribution in [2.75, 3.05) is 25.4 Å². The van der Waals surface area contributed by atoms with Crippen molar-refractivity contribution in [1.29, 1.82) is 0 Å². The largest absolute Gasteiger partial charge is 0.445 e. The first kappa shape index (κ1) is 19.2. The van der Waals surface area contributed by atoms with Gasteiger partial charge in [-0.1, -0.05) is 44.2 Å². The lowest BCUT2D eigenvalue weighted by molar-refractivity contribution is -0.133. The van der Waals surface area contributed by atoms with Crippen molar-refractivity contribution in [2.24, 2.45) is 5.92 Å². The van der Waals surface area contributed by atoms with E-state index in [1.165, 1.54) is 4.90 Å². The number of nitrogens with zero attached hydrogens (tertiary/aromatic N) is 1. The second-order valence-electron chi connectivity index (χ2n) is 6.56. The van der Waals surface area contributed by atoms with Crippen LogP contribution in [0.15, 0.2) is 30.3 Å². The maximum absolute atomic E-state index is 12.0. The van der Waals surface area contributed by atoms with Crippen LogP contribution in [0.25, 0.3) is 0 Å². The number of rotatable bonds is 7. The van der Waals surface area contributed by atoms with Gasteiger partial charge < -0.3 is 15.0 Å². The Morgan fingerprint density at radius 3 is 2.48 bits per heavy atom. The molecule has 25 heavy (non-hydrogen) atoms. The zero-order valence-corrected chi connectivity index (χ0v) is 15.3. The number of sulfone groups is 1. The van der Waals surface area contributed by atoms with Crippen molar-refractivity contribution in [3.63, 3.8) is 0 Å². The van der Waals surface area contributed by atoms with Crippen molar-refractivity contribution in [1.82, 2.24) is 10.2 Å². The minimum absolute atomic E-state index is 0.0656. The van der Waals surface area contributed by atoms with Crippen LogP contribution in [0.1, 0.15) is 19.4 Å². The normalized spacial score (nSPS) is 14.9. The fraction of sp³-hybridized carbons (Fsp3) is 0.529. The van der Waals surface area contributed by atoms with Gasteiger partial charge in [0, 0.05) is 13.1 Å². The number of carbonyl (C=O) groups excluding carboxylic acids is 2. The Bertz CT molecular complexity index is 697. The molecule has 1 heterocycles. The summed E-state index contributed by atoms with van der Waals surface area (Å²) in [5.41, 5.74) is 0.852. The van der Waals surface area contributed by atoms with E-state index in [2.05, 4.69) is 5.32 Å². The van der Waals surface area contributed by atoms with E-state index in [-0.39, 0.29) is 43.8 Å². The van der Waals surface area contributed by atoms with Crippen LogP contribution in [-0.2, 0) is 26.0 Å². The summed E-state index contributed by atoms with van der Waals surface area (Å²) in [6.07, 6.45) is -0.679. The number of hydrogen-bond donors (Lipinski definition) is 1. The molecule has 2 amide bonds. The molecule has 1 aromatic rings. The number of benzene rings is 1. The second kappa shape index (κ2) is 8.33. The molecular formula is C17H24N2O5S.